The predicted octanol–water partition coefficient (Wildman–Crippen LogP) is 4.57. The lowest BCUT2D eigenvalue weighted by Gasteiger charge is -2.21. The monoisotopic (exact) mass is 462 g/mol. The van der Waals surface area contributed by atoms with Crippen LogP contribution in [0.5, 0.6) is 0 Å². The van der Waals surface area contributed by atoms with E-state index in [9.17, 15) is 9.59 Å². The number of fused-ring (bicyclic) bond motifs is 1. The quantitative estimate of drug-likeness (QED) is 0.471. The van der Waals surface area contributed by atoms with Crippen molar-refractivity contribution < 1.29 is 4.79 Å². The number of rotatable bonds is 5. The maximum Gasteiger partial charge on any atom is 0.350 e. The Morgan fingerprint density at radius 2 is 1.67 bits per heavy atom. The Labute approximate surface area is 181 Å². The molecule has 0 fully saturated rings. The molecule has 0 radical (unpaired) electrons. The second-order valence-electron chi connectivity index (χ2n) is 6.77. The van der Waals surface area contributed by atoms with Crippen molar-refractivity contribution in [2.24, 2.45) is 0 Å². The van der Waals surface area contributed by atoms with Crippen LogP contribution in [0.1, 0.15) is 0 Å². The number of para-hydroxylation sites is 2. The van der Waals surface area contributed by atoms with E-state index in [1.807, 2.05) is 78.7 Å². The summed E-state index contributed by atoms with van der Waals surface area (Å²) in [7, 11) is 1.87. The topological polar surface area (TPSA) is 67.2 Å². The first kappa shape index (κ1) is 19.8. The average Bonchev–Trinajstić information content (AvgIpc) is 2.77. The number of amides is 1. The van der Waals surface area contributed by atoms with E-state index in [-0.39, 0.29) is 12.5 Å². The summed E-state index contributed by atoms with van der Waals surface area (Å²) in [5.41, 5.74) is 1.76. The zero-order valence-corrected chi connectivity index (χ0v) is 17.8. The molecule has 1 N–H and O–H groups in total. The molecule has 4 rings (SSSR count). The van der Waals surface area contributed by atoms with Gasteiger partial charge in [-0.3, -0.25) is 9.36 Å². The van der Waals surface area contributed by atoms with Crippen LogP contribution in [0, 0.1) is 0 Å². The molecule has 1 heterocycles. The third-order valence-electron chi connectivity index (χ3n) is 4.76. The van der Waals surface area contributed by atoms with E-state index >= 15 is 0 Å². The number of nitrogens with one attached hydrogen (secondary N) is 1. The lowest BCUT2D eigenvalue weighted by Crippen LogP contribution is -2.31. The lowest BCUT2D eigenvalue weighted by molar-refractivity contribution is -0.116. The molecule has 0 spiro atoms. The number of anilines is 3. The molecule has 0 unspecified atom stereocenters. The van der Waals surface area contributed by atoms with Crippen LogP contribution in [0.2, 0.25) is 0 Å². The van der Waals surface area contributed by atoms with Crippen LogP contribution in [0.4, 0.5) is 17.2 Å². The lowest BCUT2D eigenvalue weighted by atomic mass is 10.2. The third kappa shape index (κ3) is 4.11. The Kier molecular flexibility index (Phi) is 5.63. The van der Waals surface area contributed by atoms with Gasteiger partial charge in [-0.05, 0) is 48.5 Å². The van der Waals surface area contributed by atoms with Gasteiger partial charge in [-0.25, -0.2) is 4.79 Å². The van der Waals surface area contributed by atoms with Gasteiger partial charge in [0.1, 0.15) is 12.4 Å². The maximum atomic E-state index is 12.9. The Hall–Kier alpha value is -3.45. The molecule has 0 saturated heterocycles. The minimum absolute atomic E-state index is 0.127. The zero-order chi connectivity index (χ0) is 21.1. The van der Waals surface area contributed by atoms with Crippen LogP contribution in [0.3, 0.4) is 0 Å². The average molecular weight is 463 g/mol. The van der Waals surface area contributed by atoms with Crippen molar-refractivity contribution in [1.29, 1.82) is 0 Å². The Bertz CT molecular complexity index is 1250. The van der Waals surface area contributed by atoms with E-state index in [1.165, 1.54) is 4.57 Å². The van der Waals surface area contributed by atoms with Gasteiger partial charge < -0.3 is 10.2 Å². The molecule has 7 heteroatoms. The van der Waals surface area contributed by atoms with Crippen molar-refractivity contribution in [2.75, 3.05) is 17.3 Å². The van der Waals surface area contributed by atoms with Crippen LogP contribution < -0.4 is 15.9 Å². The molecule has 0 atom stereocenters. The summed E-state index contributed by atoms with van der Waals surface area (Å²) in [4.78, 5) is 31.6. The molecule has 0 aliphatic heterocycles. The summed E-state index contributed by atoms with van der Waals surface area (Å²) < 4.78 is 2.32. The van der Waals surface area contributed by atoms with E-state index in [0.717, 1.165) is 15.5 Å². The number of benzene rings is 3. The fraction of sp³-hybridized carbons (Fsp3) is 0.0870. The van der Waals surface area contributed by atoms with E-state index in [1.54, 1.807) is 12.1 Å². The molecule has 0 bridgehead atoms. The van der Waals surface area contributed by atoms with Crippen LogP contribution >= 0.6 is 15.9 Å². The summed E-state index contributed by atoms with van der Waals surface area (Å²) in [6.45, 7) is -0.127. The first-order chi connectivity index (χ1) is 14.5. The fourth-order valence-corrected chi connectivity index (χ4v) is 3.54. The number of aromatic nitrogens is 2. The summed E-state index contributed by atoms with van der Waals surface area (Å²) in [5.74, 6) is 0.252. The molecular formula is C23H19BrN4O2. The molecule has 4 aromatic rings. The highest BCUT2D eigenvalue weighted by Crippen LogP contribution is 2.27. The van der Waals surface area contributed by atoms with Crippen LogP contribution in [0.15, 0.2) is 88.1 Å². The molecule has 0 aliphatic carbocycles. The van der Waals surface area contributed by atoms with Gasteiger partial charge in [0.25, 0.3) is 0 Å². The molecule has 30 heavy (non-hydrogen) atoms. The number of hydrogen-bond donors (Lipinski definition) is 1. The van der Waals surface area contributed by atoms with Gasteiger partial charge in [-0.1, -0.05) is 46.3 Å². The van der Waals surface area contributed by atoms with Crippen molar-refractivity contribution in [1.82, 2.24) is 9.55 Å². The number of halogens is 1. The standard InChI is InChI=1S/C23H19BrN4O2/c1-27(18-7-3-2-4-8-18)22-19-9-5-6-10-20(19)28(23(30)26-22)15-21(29)25-17-13-11-16(24)12-14-17/h2-14H,15H2,1H3,(H,25,29). The molecular weight excluding hydrogens is 444 g/mol. The summed E-state index contributed by atoms with van der Waals surface area (Å²) in [5, 5.41) is 3.61. The normalized spacial score (nSPS) is 10.7. The summed E-state index contributed by atoms with van der Waals surface area (Å²) in [6, 6.07) is 24.4. The minimum atomic E-state index is -0.475. The van der Waals surface area contributed by atoms with Gasteiger partial charge in [0.15, 0.2) is 0 Å². The predicted molar refractivity (Wildman–Crippen MR) is 123 cm³/mol. The Balaban J connectivity index is 1.70. The first-order valence-corrected chi connectivity index (χ1v) is 10.2. The molecule has 1 amide bonds. The van der Waals surface area contributed by atoms with Crippen molar-refractivity contribution in [3.63, 3.8) is 0 Å². The van der Waals surface area contributed by atoms with Crippen molar-refractivity contribution in [3.8, 4) is 0 Å². The van der Waals surface area contributed by atoms with Crippen molar-refractivity contribution in [3.05, 3.63) is 93.8 Å². The van der Waals surface area contributed by atoms with Gasteiger partial charge in [0.2, 0.25) is 5.91 Å². The van der Waals surface area contributed by atoms with Gasteiger partial charge in [0.05, 0.1) is 5.52 Å². The number of carbonyl (C=O) groups is 1. The van der Waals surface area contributed by atoms with Crippen LogP contribution in [-0.2, 0) is 11.3 Å². The van der Waals surface area contributed by atoms with Gasteiger partial charge in [0, 0.05) is 28.3 Å². The minimum Gasteiger partial charge on any atom is -0.329 e. The smallest absolute Gasteiger partial charge is 0.329 e. The van der Waals surface area contributed by atoms with Crippen molar-refractivity contribution in [2.45, 2.75) is 6.54 Å². The van der Waals surface area contributed by atoms with Crippen LogP contribution in [0.25, 0.3) is 10.9 Å². The van der Waals surface area contributed by atoms with E-state index < -0.39 is 5.69 Å². The van der Waals surface area contributed by atoms with Crippen molar-refractivity contribution >= 4 is 49.9 Å². The molecule has 0 aliphatic rings. The first-order valence-electron chi connectivity index (χ1n) is 9.37. The Morgan fingerprint density at radius 3 is 2.40 bits per heavy atom. The fourth-order valence-electron chi connectivity index (χ4n) is 3.27. The van der Waals surface area contributed by atoms with Crippen LogP contribution in [-0.4, -0.2) is 22.5 Å². The molecule has 3 aromatic carbocycles. The number of hydrogen-bond acceptors (Lipinski definition) is 4. The number of nitrogens with zero attached hydrogens (tertiary/aromatic N) is 3. The third-order valence-corrected chi connectivity index (χ3v) is 5.29. The largest absolute Gasteiger partial charge is 0.350 e. The summed E-state index contributed by atoms with van der Waals surface area (Å²) in [6.07, 6.45) is 0. The molecule has 0 saturated carbocycles. The van der Waals surface area contributed by atoms with E-state index in [2.05, 4.69) is 26.2 Å². The Morgan fingerprint density at radius 1 is 1.00 bits per heavy atom. The second kappa shape index (κ2) is 8.51. The van der Waals surface area contributed by atoms with E-state index in [4.69, 9.17) is 0 Å². The number of carbonyl (C=O) groups excluding carboxylic acids is 1. The van der Waals surface area contributed by atoms with E-state index in [0.29, 0.717) is 17.0 Å². The molecule has 150 valence electrons. The highest BCUT2D eigenvalue weighted by atomic mass is 79.9. The van der Waals surface area contributed by atoms with Gasteiger partial charge >= 0.3 is 5.69 Å². The summed E-state index contributed by atoms with van der Waals surface area (Å²) >= 11 is 3.37. The van der Waals surface area contributed by atoms with Gasteiger partial charge in [-0.15, -0.1) is 0 Å². The molecule has 1 aromatic heterocycles. The molecule has 6 nitrogen and oxygen atoms in total. The highest BCUT2D eigenvalue weighted by Gasteiger charge is 2.16. The zero-order valence-electron chi connectivity index (χ0n) is 16.2. The maximum absolute atomic E-state index is 12.9. The SMILES string of the molecule is CN(c1ccccc1)c1nc(=O)n(CC(=O)Nc2ccc(Br)cc2)c2ccccc12. The second-order valence-corrected chi connectivity index (χ2v) is 7.69. The van der Waals surface area contributed by atoms with Gasteiger partial charge in [-0.2, -0.15) is 4.98 Å². The highest BCUT2D eigenvalue weighted by molar-refractivity contribution is 9.10.